The number of furan rings is 1. The topological polar surface area (TPSA) is 38.1 Å². The van der Waals surface area contributed by atoms with E-state index < -0.39 is 11.2 Å². The van der Waals surface area contributed by atoms with Gasteiger partial charge in [0.05, 0.1) is 16.8 Å². The van der Waals surface area contributed by atoms with Crippen LogP contribution in [0.4, 0.5) is 22.7 Å². The molecule has 1 aromatic heterocycles. The Hall–Kier alpha value is -5.36. The molecule has 0 amide bonds. The minimum absolute atomic E-state index is 0.532. The van der Waals surface area contributed by atoms with E-state index in [1.165, 1.54) is 16.4 Å². The lowest BCUT2D eigenvalue weighted by Crippen LogP contribution is -2.41. The fraction of sp³-hybridized carbons (Fsp3) is 0.143. The summed E-state index contributed by atoms with van der Waals surface area (Å²) in [5, 5.41) is 3.51. The molecule has 2 heterocycles. The van der Waals surface area contributed by atoms with Crippen molar-refractivity contribution in [2.75, 3.05) is 10.1 Å². The van der Waals surface area contributed by atoms with Crippen molar-refractivity contribution in [1.29, 1.82) is 0 Å². The molecule has 5 nitrogen and oxygen atoms in total. The van der Waals surface area contributed by atoms with Crippen LogP contribution in [-0.2, 0) is 9.68 Å². The number of benzene rings is 6. The van der Waals surface area contributed by atoms with Crippen molar-refractivity contribution >= 4 is 44.7 Å². The molecule has 0 bridgehead atoms. The van der Waals surface area contributed by atoms with Crippen molar-refractivity contribution < 1.29 is 14.1 Å². The predicted octanol–water partition coefficient (Wildman–Crippen LogP) is 11.6. The van der Waals surface area contributed by atoms with Crippen LogP contribution < -0.4 is 10.1 Å². The van der Waals surface area contributed by atoms with Crippen LogP contribution in [0.2, 0.25) is 0 Å². The monoisotopic (exact) mass is 616 g/mol. The Morgan fingerprint density at radius 2 is 1.09 bits per heavy atom. The first-order chi connectivity index (χ1) is 22.8. The van der Waals surface area contributed by atoms with Crippen LogP contribution in [0.5, 0.6) is 0 Å². The van der Waals surface area contributed by atoms with Gasteiger partial charge >= 0.3 is 0 Å². The molecule has 0 saturated carbocycles. The maximum atomic E-state index is 6.66. The fourth-order valence-electron chi connectivity index (χ4n) is 6.27. The van der Waals surface area contributed by atoms with Crippen molar-refractivity contribution in [3.63, 3.8) is 0 Å². The summed E-state index contributed by atoms with van der Waals surface area (Å²) in [4.78, 5) is 15.0. The summed E-state index contributed by atoms with van der Waals surface area (Å²) in [6.45, 7) is 8.15. The van der Waals surface area contributed by atoms with Gasteiger partial charge < -0.3 is 9.32 Å². The Morgan fingerprint density at radius 3 is 1.79 bits per heavy atom. The molecule has 0 aliphatic carbocycles. The summed E-state index contributed by atoms with van der Waals surface area (Å²) in [5.41, 5.74) is 8.91. The number of hydrogen-bond donors (Lipinski definition) is 0. The van der Waals surface area contributed by atoms with E-state index in [1.54, 1.807) is 0 Å². The Balaban J connectivity index is 1.34. The third kappa shape index (κ3) is 4.96. The van der Waals surface area contributed by atoms with Crippen LogP contribution in [0.3, 0.4) is 0 Å². The molecule has 0 unspecified atom stereocenters. The lowest BCUT2D eigenvalue weighted by molar-refractivity contribution is -0.0269. The Bertz CT molecular complexity index is 2190. The van der Waals surface area contributed by atoms with E-state index in [9.17, 15) is 0 Å². The highest BCUT2D eigenvalue weighted by Crippen LogP contribution is 2.48. The van der Waals surface area contributed by atoms with Crippen LogP contribution >= 0.6 is 0 Å². The van der Waals surface area contributed by atoms with Gasteiger partial charge in [-0.2, -0.15) is 0 Å². The molecular weight excluding hydrogens is 580 g/mol. The average molecular weight is 617 g/mol. The van der Waals surface area contributed by atoms with Gasteiger partial charge in [-0.15, -0.1) is 5.23 Å². The number of para-hydroxylation sites is 2. The van der Waals surface area contributed by atoms with Crippen molar-refractivity contribution in [3.05, 3.63) is 146 Å². The average Bonchev–Trinajstić information content (AvgIpc) is 3.59. The summed E-state index contributed by atoms with van der Waals surface area (Å²) >= 11 is 0. The second-order valence-electron chi connectivity index (χ2n) is 13.0. The fourth-order valence-corrected chi connectivity index (χ4v) is 6.27. The van der Waals surface area contributed by atoms with E-state index in [4.69, 9.17) is 14.1 Å². The minimum Gasteiger partial charge on any atom is -0.454 e. The van der Waals surface area contributed by atoms with Crippen molar-refractivity contribution in [2.45, 2.75) is 38.9 Å². The number of anilines is 4. The van der Waals surface area contributed by atoms with E-state index in [2.05, 4.69) is 126 Å². The first-order valence-electron chi connectivity index (χ1n) is 16.0. The molecular formula is C42H36N2O3. The largest absolute Gasteiger partial charge is 0.454 e. The molecule has 1 aliphatic heterocycles. The summed E-state index contributed by atoms with van der Waals surface area (Å²) in [6.07, 6.45) is 0. The van der Waals surface area contributed by atoms with E-state index >= 15 is 0 Å². The zero-order chi connectivity index (χ0) is 32.2. The highest BCUT2D eigenvalue weighted by molar-refractivity contribution is 6.16. The number of nitrogens with zero attached hydrogens (tertiary/aromatic N) is 2. The highest BCUT2D eigenvalue weighted by Gasteiger charge is 2.50. The molecule has 0 spiro atoms. The van der Waals surface area contributed by atoms with Gasteiger partial charge in [-0.05, 0) is 80.8 Å². The van der Waals surface area contributed by atoms with E-state index in [0.717, 1.165) is 50.2 Å². The van der Waals surface area contributed by atoms with E-state index in [0.29, 0.717) is 5.58 Å². The lowest BCUT2D eigenvalue weighted by Gasteiger charge is -2.28. The molecule has 0 atom stereocenters. The predicted molar refractivity (Wildman–Crippen MR) is 192 cm³/mol. The van der Waals surface area contributed by atoms with Gasteiger partial charge in [-0.1, -0.05) is 109 Å². The second kappa shape index (κ2) is 11.2. The van der Waals surface area contributed by atoms with Gasteiger partial charge in [-0.25, -0.2) is 9.68 Å². The quantitative estimate of drug-likeness (QED) is 0.186. The van der Waals surface area contributed by atoms with Gasteiger partial charge in [0, 0.05) is 16.6 Å². The zero-order valence-electron chi connectivity index (χ0n) is 27.0. The Kier molecular flexibility index (Phi) is 6.90. The number of fused-ring (bicyclic) bond motifs is 3. The van der Waals surface area contributed by atoms with Gasteiger partial charge in [0.15, 0.2) is 5.58 Å². The van der Waals surface area contributed by atoms with Crippen LogP contribution in [0, 0.1) is 0 Å². The molecule has 1 fully saturated rings. The summed E-state index contributed by atoms with van der Waals surface area (Å²) in [7, 11) is 0. The molecule has 232 valence electrons. The van der Waals surface area contributed by atoms with Crippen molar-refractivity contribution in [1.82, 2.24) is 0 Å². The zero-order valence-corrected chi connectivity index (χ0v) is 27.0. The summed E-state index contributed by atoms with van der Waals surface area (Å²) in [5.74, 6) is 0. The maximum Gasteiger partial charge on any atom is 0.163 e. The highest BCUT2D eigenvalue weighted by atomic mass is 17.0. The number of hydrogen-bond acceptors (Lipinski definition) is 5. The van der Waals surface area contributed by atoms with Crippen LogP contribution in [0.1, 0.15) is 27.7 Å². The van der Waals surface area contributed by atoms with Crippen LogP contribution in [0.15, 0.2) is 150 Å². The standard InChI is InChI=1S/C42H36N2O3/c1-41(2)42(3,4)47-44(46-41)37-23-13-20-34-39-36(22-14-24-38(39)45-40(34)37)43(32-27-25-30(26-28-32)29-15-7-5-8-16-29)35-21-12-11-19-33(35)31-17-9-6-10-18-31/h5-28H,1-4H3. The summed E-state index contributed by atoms with van der Waals surface area (Å²) < 4.78 is 6.66. The van der Waals surface area contributed by atoms with Crippen LogP contribution in [-0.4, -0.2) is 11.2 Å². The first-order valence-corrected chi connectivity index (χ1v) is 16.0. The molecule has 6 aromatic carbocycles. The molecule has 8 rings (SSSR count). The first kappa shape index (κ1) is 29.1. The minimum atomic E-state index is -0.532. The molecule has 0 radical (unpaired) electrons. The van der Waals surface area contributed by atoms with Gasteiger partial charge in [-0.3, -0.25) is 0 Å². The van der Waals surface area contributed by atoms with Crippen molar-refractivity contribution in [3.8, 4) is 22.3 Å². The molecule has 47 heavy (non-hydrogen) atoms. The maximum absolute atomic E-state index is 6.66. The van der Waals surface area contributed by atoms with E-state index in [1.807, 2.05) is 52.0 Å². The Morgan fingerprint density at radius 1 is 0.511 bits per heavy atom. The summed E-state index contributed by atoms with van der Waals surface area (Å²) in [6, 6.07) is 50.8. The second-order valence-corrected chi connectivity index (χ2v) is 13.0. The van der Waals surface area contributed by atoms with Gasteiger partial charge in [0.1, 0.15) is 22.5 Å². The van der Waals surface area contributed by atoms with Gasteiger partial charge in [0.2, 0.25) is 0 Å². The smallest absolute Gasteiger partial charge is 0.163 e. The Labute approximate surface area is 275 Å². The SMILES string of the molecule is CC1(C)ON(c2cccc3c2oc2cccc(N(c4ccc(-c5ccccc5)cc4)c4ccccc4-c4ccccc4)c23)OC1(C)C. The third-order valence-corrected chi connectivity index (χ3v) is 9.45. The third-order valence-electron chi connectivity index (χ3n) is 9.45. The van der Waals surface area contributed by atoms with Crippen LogP contribution in [0.25, 0.3) is 44.2 Å². The molecule has 1 aliphatic rings. The molecule has 0 N–H and O–H groups in total. The van der Waals surface area contributed by atoms with Gasteiger partial charge in [0.25, 0.3) is 0 Å². The molecule has 1 saturated heterocycles. The lowest BCUT2D eigenvalue weighted by atomic mass is 9.90. The number of rotatable bonds is 6. The van der Waals surface area contributed by atoms with E-state index in [-0.39, 0.29) is 0 Å². The van der Waals surface area contributed by atoms with Crippen molar-refractivity contribution in [2.24, 2.45) is 0 Å². The molecule has 5 heteroatoms. The molecule has 7 aromatic rings. The normalized spacial score (nSPS) is 15.4.